The molecule has 24 heavy (non-hydrogen) atoms. The molecule has 0 aromatic heterocycles. The summed E-state index contributed by atoms with van der Waals surface area (Å²) in [6.07, 6.45) is -0.475. The summed E-state index contributed by atoms with van der Waals surface area (Å²) >= 11 is 0. The van der Waals surface area contributed by atoms with Crippen molar-refractivity contribution >= 4 is 28.9 Å². The molecule has 0 bridgehead atoms. The van der Waals surface area contributed by atoms with Gasteiger partial charge in [0, 0.05) is 12.1 Å². The lowest BCUT2D eigenvalue weighted by Gasteiger charge is -2.22. The van der Waals surface area contributed by atoms with Crippen LogP contribution in [-0.4, -0.2) is 34.6 Å². The Balaban J connectivity index is 3.23. The second kappa shape index (κ2) is 8.04. The minimum Gasteiger partial charge on any atom is -0.464 e. The fourth-order valence-corrected chi connectivity index (χ4v) is 1.88. The number of carbonyl (C=O) groups excluding carboxylic acids is 3. The largest absolute Gasteiger partial charge is 0.464 e. The molecule has 0 radical (unpaired) electrons. The van der Waals surface area contributed by atoms with E-state index < -0.39 is 34.4 Å². The molecule has 0 saturated heterocycles. The number of nitro benzene ring substituents is 1. The summed E-state index contributed by atoms with van der Waals surface area (Å²) in [5, 5.41) is 18.2. The van der Waals surface area contributed by atoms with Crippen LogP contribution in [0.25, 0.3) is 0 Å². The topological polar surface area (TPSA) is 128 Å². The predicted octanol–water partition coefficient (Wildman–Crippen LogP) is 2.55. The lowest BCUT2D eigenvalue weighted by atomic mass is 9.90. The van der Waals surface area contributed by atoms with E-state index in [1.807, 2.05) is 0 Å². The van der Waals surface area contributed by atoms with Crippen molar-refractivity contribution in [3.63, 3.8) is 0 Å². The van der Waals surface area contributed by atoms with Crippen LogP contribution in [0.15, 0.2) is 34.5 Å². The SMILES string of the molecule is CCOC(=O)C(CC(C)=O)(N=Nc1ccc([N+](=O)[O-])cc1)C(C)=O. The van der Waals surface area contributed by atoms with E-state index in [1.54, 1.807) is 6.92 Å². The van der Waals surface area contributed by atoms with Gasteiger partial charge in [-0.15, -0.1) is 0 Å². The first-order valence-electron chi connectivity index (χ1n) is 7.08. The van der Waals surface area contributed by atoms with Crippen LogP contribution in [0.2, 0.25) is 0 Å². The van der Waals surface area contributed by atoms with E-state index in [0.717, 1.165) is 6.92 Å². The number of carbonyl (C=O) groups is 3. The predicted molar refractivity (Wildman–Crippen MR) is 83.0 cm³/mol. The quantitative estimate of drug-likeness (QED) is 0.236. The van der Waals surface area contributed by atoms with Gasteiger partial charge in [-0.05, 0) is 32.9 Å². The molecule has 1 rings (SSSR count). The van der Waals surface area contributed by atoms with Gasteiger partial charge in [0.05, 0.1) is 23.6 Å². The summed E-state index contributed by atoms with van der Waals surface area (Å²) in [5.41, 5.74) is -2.00. The highest BCUT2D eigenvalue weighted by atomic mass is 16.6. The average Bonchev–Trinajstić information content (AvgIpc) is 2.51. The zero-order valence-electron chi connectivity index (χ0n) is 13.5. The first-order valence-corrected chi connectivity index (χ1v) is 7.08. The molecule has 0 N–H and O–H groups in total. The summed E-state index contributed by atoms with van der Waals surface area (Å²) in [4.78, 5) is 45.7. The highest BCUT2D eigenvalue weighted by Gasteiger charge is 2.46. The molecule has 0 amide bonds. The minimum atomic E-state index is -2.05. The maximum absolute atomic E-state index is 12.2. The van der Waals surface area contributed by atoms with Crippen molar-refractivity contribution in [3.8, 4) is 0 Å². The first kappa shape index (κ1) is 19.1. The van der Waals surface area contributed by atoms with Gasteiger partial charge in [-0.1, -0.05) is 0 Å². The van der Waals surface area contributed by atoms with E-state index in [-0.39, 0.29) is 18.0 Å². The maximum atomic E-state index is 12.2. The zero-order valence-corrected chi connectivity index (χ0v) is 13.5. The fourth-order valence-electron chi connectivity index (χ4n) is 1.88. The Hall–Kier alpha value is -2.97. The van der Waals surface area contributed by atoms with Crippen molar-refractivity contribution in [1.29, 1.82) is 0 Å². The smallest absolute Gasteiger partial charge is 0.344 e. The Kier molecular flexibility index (Phi) is 6.39. The van der Waals surface area contributed by atoms with Crippen molar-refractivity contribution < 1.29 is 24.0 Å². The molecular weight excluding hydrogens is 318 g/mol. The molecule has 1 aromatic carbocycles. The van der Waals surface area contributed by atoms with E-state index >= 15 is 0 Å². The molecule has 1 aromatic rings. The van der Waals surface area contributed by atoms with Gasteiger partial charge in [0.2, 0.25) is 5.54 Å². The van der Waals surface area contributed by atoms with Gasteiger partial charge in [-0.2, -0.15) is 10.2 Å². The second-order valence-electron chi connectivity index (χ2n) is 4.99. The molecule has 0 aliphatic rings. The van der Waals surface area contributed by atoms with Crippen molar-refractivity contribution in [1.82, 2.24) is 0 Å². The average molecular weight is 335 g/mol. The highest BCUT2D eigenvalue weighted by molar-refractivity contribution is 6.10. The van der Waals surface area contributed by atoms with E-state index in [4.69, 9.17) is 4.74 Å². The second-order valence-corrected chi connectivity index (χ2v) is 4.99. The van der Waals surface area contributed by atoms with Crippen LogP contribution in [0.5, 0.6) is 0 Å². The standard InChI is InChI=1S/C15H17N3O6/c1-4-24-14(21)15(11(3)20,9-10(2)19)17-16-12-5-7-13(8-6-12)18(22)23/h5-8H,4,9H2,1-3H3. The molecule has 1 atom stereocenters. The van der Waals surface area contributed by atoms with Crippen molar-refractivity contribution in [2.45, 2.75) is 32.7 Å². The summed E-state index contributed by atoms with van der Waals surface area (Å²) in [6.45, 7) is 3.91. The number of non-ortho nitro benzene ring substituents is 1. The van der Waals surface area contributed by atoms with Gasteiger partial charge in [0.1, 0.15) is 5.78 Å². The third-order valence-corrected chi connectivity index (χ3v) is 3.10. The van der Waals surface area contributed by atoms with Gasteiger partial charge in [0.25, 0.3) is 5.69 Å². The van der Waals surface area contributed by atoms with Crippen molar-refractivity contribution in [2.75, 3.05) is 6.61 Å². The van der Waals surface area contributed by atoms with E-state index in [0.29, 0.717) is 0 Å². The minimum absolute atomic E-state index is 0.0127. The molecule has 9 heteroatoms. The molecular formula is C15H17N3O6. The molecule has 0 fully saturated rings. The van der Waals surface area contributed by atoms with Gasteiger partial charge in [-0.25, -0.2) is 4.79 Å². The number of ketones is 2. The lowest BCUT2D eigenvalue weighted by molar-refractivity contribution is -0.384. The van der Waals surface area contributed by atoms with Crippen molar-refractivity contribution in [3.05, 3.63) is 34.4 Å². The first-order chi connectivity index (χ1) is 11.2. The van der Waals surface area contributed by atoms with Crippen LogP contribution in [0.4, 0.5) is 11.4 Å². The Morgan fingerprint density at radius 1 is 1.21 bits per heavy atom. The lowest BCUT2D eigenvalue weighted by Crippen LogP contribution is -2.46. The van der Waals surface area contributed by atoms with E-state index in [2.05, 4.69) is 10.2 Å². The Labute approximate surface area is 137 Å². The summed E-state index contributed by atoms with van der Waals surface area (Å²) in [7, 11) is 0. The third kappa shape index (κ3) is 4.51. The Bertz CT molecular complexity index is 683. The fraction of sp³-hybridized carbons (Fsp3) is 0.400. The van der Waals surface area contributed by atoms with Crippen molar-refractivity contribution in [2.24, 2.45) is 10.2 Å². The molecule has 0 saturated carbocycles. The highest BCUT2D eigenvalue weighted by Crippen LogP contribution is 2.25. The summed E-state index contributed by atoms with van der Waals surface area (Å²) in [6, 6.07) is 5.04. The summed E-state index contributed by atoms with van der Waals surface area (Å²) < 4.78 is 4.85. The monoisotopic (exact) mass is 335 g/mol. The molecule has 9 nitrogen and oxygen atoms in total. The zero-order chi connectivity index (χ0) is 18.3. The van der Waals surface area contributed by atoms with Crippen LogP contribution in [0.1, 0.15) is 27.2 Å². The third-order valence-electron chi connectivity index (χ3n) is 3.10. The van der Waals surface area contributed by atoms with Crippen LogP contribution in [0.3, 0.4) is 0 Å². The number of Topliss-reactive ketones (excluding diaryl/α,β-unsaturated/α-hetero) is 2. The summed E-state index contributed by atoms with van der Waals surface area (Å²) in [5.74, 6) is -2.07. The van der Waals surface area contributed by atoms with Crippen LogP contribution in [-0.2, 0) is 19.1 Å². The van der Waals surface area contributed by atoms with Crippen LogP contribution >= 0.6 is 0 Å². The molecule has 1 unspecified atom stereocenters. The van der Waals surface area contributed by atoms with Crippen LogP contribution < -0.4 is 0 Å². The number of benzene rings is 1. The number of nitro groups is 1. The van der Waals surface area contributed by atoms with Gasteiger partial charge >= 0.3 is 5.97 Å². The van der Waals surface area contributed by atoms with Crippen LogP contribution in [0, 0.1) is 10.1 Å². The number of hydrogen-bond donors (Lipinski definition) is 0. The molecule has 0 heterocycles. The van der Waals surface area contributed by atoms with Gasteiger partial charge in [0.15, 0.2) is 5.78 Å². The number of azo groups is 1. The van der Waals surface area contributed by atoms with Gasteiger partial charge < -0.3 is 4.74 Å². The number of rotatable bonds is 8. The maximum Gasteiger partial charge on any atom is 0.344 e. The number of esters is 1. The Morgan fingerprint density at radius 2 is 1.79 bits per heavy atom. The Morgan fingerprint density at radius 3 is 2.21 bits per heavy atom. The van der Waals surface area contributed by atoms with E-state index in [1.165, 1.54) is 31.2 Å². The normalized spacial score (nSPS) is 13.3. The number of hydrogen-bond acceptors (Lipinski definition) is 8. The number of nitrogens with zero attached hydrogens (tertiary/aromatic N) is 3. The van der Waals surface area contributed by atoms with E-state index in [9.17, 15) is 24.5 Å². The molecule has 0 spiro atoms. The van der Waals surface area contributed by atoms with Gasteiger partial charge in [-0.3, -0.25) is 19.7 Å². The molecule has 0 aliphatic carbocycles. The molecule has 128 valence electrons. The molecule has 0 aliphatic heterocycles. The number of ether oxygens (including phenoxy) is 1.